The molecule has 0 unspecified atom stereocenters. The number of aryl methyl sites for hydroxylation is 1. The SMILES string of the molecule is Cc1ccccc1-n1cc(-c2cccc(Br)c2)cn1. The summed E-state index contributed by atoms with van der Waals surface area (Å²) < 4.78 is 3.00. The molecule has 0 aliphatic rings. The fourth-order valence-electron chi connectivity index (χ4n) is 2.09. The van der Waals surface area contributed by atoms with Crippen LogP contribution >= 0.6 is 15.9 Å². The van der Waals surface area contributed by atoms with Crippen LogP contribution < -0.4 is 0 Å². The summed E-state index contributed by atoms with van der Waals surface area (Å²) in [5.74, 6) is 0. The molecule has 0 fully saturated rings. The molecule has 0 bridgehead atoms. The van der Waals surface area contributed by atoms with Gasteiger partial charge in [0.1, 0.15) is 0 Å². The first-order valence-corrected chi connectivity index (χ1v) is 6.90. The van der Waals surface area contributed by atoms with Gasteiger partial charge in [-0.15, -0.1) is 0 Å². The lowest BCUT2D eigenvalue weighted by Crippen LogP contribution is -1.96. The van der Waals surface area contributed by atoms with E-state index in [1.54, 1.807) is 0 Å². The van der Waals surface area contributed by atoms with Gasteiger partial charge in [0.05, 0.1) is 11.9 Å². The molecule has 0 saturated heterocycles. The van der Waals surface area contributed by atoms with Gasteiger partial charge in [-0.05, 0) is 36.2 Å². The van der Waals surface area contributed by atoms with Crippen LogP contribution in [0.15, 0.2) is 65.4 Å². The van der Waals surface area contributed by atoms with Gasteiger partial charge in [0, 0.05) is 16.2 Å². The summed E-state index contributed by atoms with van der Waals surface area (Å²) in [5.41, 5.74) is 4.61. The molecule has 3 heteroatoms. The second-order valence-corrected chi connectivity index (χ2v) is 5.39. The van der Waals surface area contributed by atoms with Crippen molar-refractivity contribution in [2.75, 3.05) is 0 Å². The van der Waals surface area contributed by atoms with Crippen LogP contribution in [0.3, 0.4) is 0 Å². The van der Waals surface area contributed by atoms with E-state index in [2.05, 4.69) is 58.4 Å². The van der Waals surface area contributed by atoms with E-state index in [1.165, 1.54) is 5.56 Å². The zero-order chi connectivity index (χ0) is 13.2. The van der Waals surface area contributed by atoms with Crippen molar-refractivity contribution in [3.8, 4) is 16.8 Å². The zero-order valence-corrected chi connectivity index (χ0v) is 12.1. The molecule has 19 heavy (non-hydrogen) atoms. The maximum Gasteiger partial charge on any atom is 0.0674 e. The van der Waals surface area contributed by atoms with Crippen LogP contribution in [0.5, 0.6) is 0 Å². The molecule has 1 aromatic heterocycles. The minimum absolute atomic E-state index is 1.08. The Balaban J connectivity index is 2.03. The van der Waals surface area contributed by atoms with E-state index in [0.717, 1.165) is 21.3 Å². The lowest BCUT2D eigenvalue weighted by atomic mass is 10.1. The summed E-state index contributed by atoms with van der Waals surface area (Å²) in [6.07, 6.45) is 3.96. The van der Waals surface area contributed by atoms with E-state index in [-0.39, 0.29) is 0 Å². The number of rotatable bonds is 2. The molecule has 94 valence electrons. The first-order chi connectivity index (χ1) is 9.24. The molecule has 0 N–H and O–H groups in total. The van der Waals surface area contributed by atoms with E-state index in [9.17, 15) is 0 Å². The van der Waals surface area contributed by atoms with Crippen LogP contribution in [0.4, 0.5) is 0 Å². The molecule has 0 radical (unpaired) electrons. The predicted octanol–water partition coefficient (Wildman–Crippen LogP) is 4.61. The van der Waals surface area contributed by atoms with Crippen molar-refractivity contribution in [1.29, 1.82) is 0 Å². The van der Waals surface area contributed by atoms with Crippen molar-refractivity contribution in [2.24, 2.45) is 0 Å². The first kappa shape index (κ1) is 12.2. The molecule has 0 aliphatic carbocycles. The lowest BCUT2D eigenvalue weighted by molar-refractivity contribution is 0.873. The minimum atomic E-state index is 1.08. The zero-order valence-electron chi connectivity index (χ0n) is 10.5. The number of hydrogen-bond acceptors (Lipinski definition) is 1. The van der Waals surface area contributed by atoms with Gasteiger partial charge in [-0.1, -0.05) is 46.3 Å². The Kier molecular flexibility index (Phi) is 3.22. The summed E-state index contributed by atoms with van der Waals surface area (Å²) in [4.78, 5) is 0. The second kappa shape index (κ2) is 5.02. The molecule has 3 aromatic rings. The van der Waals surface area contributed by atoms with Gasteiger partial charge in [0.15, 0.2) is 0 Å². The van der Waals surface area contributed by atoms with Crippen molar-refractivity contribution < 1.29 is 0 Å². The van der Waals surface area contributed by atoms with Crippen molar-refractivity contribution in [1.82, 2.24) is 9.78 Å². The van der Waals surface area contributed by atoms with E-state index >= 15 is 0 Å². The average Bonchev–Trinajstić information content (AvgIpc) is 2.89. The molecule has 2 aromatic carbocycles. The number of benzene rings is 2. The van der Waals surface area contributed by atoms with Crippen LogP contribution in [0.1, 0.15) is 5.56 Å². The third kappa shape index (κ3) is 2.47. The Labute approximate surface area is 120 Å². The van der Waals surface area contributed by atoms with E-state index in [4.69, 9.17) is 0 Å². The van der Waals surface area contributed by atoms with Gasteiger partial charge >= 0.3 is 0 Å². The summed E-state index contributed by atoms with van der Waals surface area (Å²) >= 11 is 3.50. The maximum absolute atomic E-state index is 4.45. The molecule has 0 atom stereocenters. The highest BCUT2D eigenvalue weighted by Gasteiger charge is 2.05. The number of hydrogen-bond donors (Lipinski definition) is 0. The van der Waals surface area contributed by atoms with Gasteiger partial charge in [0.25, 0.3) is 0 Å². The molecule has 0 spiro atoms. The molecule has 0 aliphatic heterocycles. The van der Waals surface area contributed by atoms with Crippen LogP contribution in [0.25, 0.3) is 16.8 Å². The highest BCUT2D eigenvalue weighted by atomic mass is 79.9. The Morgan fingerprint density at radius 1 is 1.00 bits per heavy atom. The Hall–Kier alpha value is -1.87. The van der Waals surface area contributed by atoms with E-state index in [1.807, 2.05) is 35.1 Å². The van der Waals surface area contributed by atoms with Crippen molar-refractivity contribution >= 4 is 15.9 Å². The van der Waals surface area contributed by atoms with Crippen LogP contribution in [0.2, 0.25) is 0 Å². The van der Waals surface area contributed by atoms with Crippen LogP contribution in [0, 0.1) is 6.92 Å². The van der Waals surface area contributed by atoms with Gasteiger partial charge in [-0.25, -0.2) is 4.68 Å². The quantitative estimate of drug-likeness (QED) is 0.675. The number of halogens is 1. The van der Waals surface area contributed by atoms with Gasteiger partial charge in [-0.3, -0.25) is 0 Å². The maximum atomic E-state index is 4.45. The highest BCUT2D eigenvalue weighted by molar-refractivity contribution is 9.10. The van der Waals surface area contributed by atoms with E-state index < -0.39 is 0 Å². The average molecular weight is 313 g/mol. The Morgan fingerprint density at radius 3 is 2.63 bits per heavy atom. The lowest BCUT2D eigenvalue weighted by Gasteiger charge is -2.04. The summed E-state index contributed by atoms with van der Waals surface area (Å²) in [6, 6.07) is 16.5. The van der Waals surface area contributed by atoms with Gasteiger partial charge < -0.3 is 0 Å². The first-order valence-electron chi connectivity index (χ1n) is 6.11. The Morgan fingerprint density at radius 2 is 1.84 bits per heavy atom. The summed E-state index contributed by atoms with van der Waals surface area (Å²) in [6.45, 7) is 2.09. The largest absolute Gasteiger partial charge is 0.240 e. The third-order valence-corrected chi connectivity index (χ3v) is 3.60. The smallest absolute Gasteiger partial charge is 0.0674 e. The third-order valence-electron chi connectivity index (χ3n) is 3.10. The summed E-state index contributed by atoms with van der Waals surface area (Å²) in [7, 11) is 0. The Bertz CT molecular complexity index is 716. The van der Waals surface area contributed by atoms with Gasteiger partial charge in [0.2, 0.25) is 0 Å². The fourth-order valence-corrected chi connectivity index (χ4v) is 2.49. The van der Waals surface area contributed by atoms with Gasteiger partial charge in [-0.2, -0.15) is 5.10 Å². The molecule has 1 heterocycles. The molecule has 2 nitrogen and oxygen atoms in total. The molecule has 0 saturated carbocycles. The monoisotopic (exact) mass is 312 g/mol. The highest BCUT2D eigenvalue weighted by Crippen LogP contribution is 2.24. The normalized spacial score (nSPS) is 10.6. The molecular formula is C16H13BrN2. The van der Waals surface area contributed by atoms with E-state index in [0.29, 0.717) is 0 Å². The standard InChI is InChI=1S/C16H13BrN2/c1-12-5-2-3-8-16(12)19-11-14(10-18-19)13-6-4-7-15(17)9-13/h2-11H,1H3. The predicted molar refractivity (Wildman–Crippen MR) is 81.4 cm³/mol. The molecule has 3 rings (SSSR count). The topological polar surface area (TPSA) is 17.8 Å². The fraction of sp³-hybridized carbons (Fsp3) is 0.0625. The summed E-state index contributed by atoms with van der Waals surface area (Å²) in [5, 5.41) is 4.45. The van der Waals surface area contributed by atoms with Crippen molar-refractivity contribution in [3.63, 3.8) is 0 Å². The number of aromatic nitrogens is 2. The minimum Gasteiger partial charge on any atom is -0.240 e. The molecular weight excluding hydrogens is 300 g/mol. The molecule has 0 amide bonds. The van der Waals surface area contributed by atoms with Crippen molar-refractivity contribution in [3.05, 3.63) is 71.0 Å². The number of nitrogens with zero attached hydrogens (tertiary/aromatic N) is 2. The van der Waals surface area contributed by atoms with Crippen LogP contribution in [-0.2, 0) is 0 Å². The van der Waals surface area contributed by atoms with Crippen molar-refractivity contribution in [2.45, 2.75) is 6.92 Å². The second-order valence-electron chi connectivity index (χ2n) is 4.47. The number of para-hydroxylation sites is 1. The van der Waals surface area contributed by atoms with Crippen LogP contribution in [-0.4, -0.2) is 9.78 Å².